The summed E-state index contributed by atoms with van der Waals surface area (Å²) in [4.78, 5) is 2.15. The maximum absolute atomic E-state index is 9.46. The maximum Gasteiger partial charge on any atom is 0.169 e. The molecule has 0 spiro atoms. The van der Waals surface area contributed by atoms with E-state index in [-0.39, 0.29) is 6.04 Å². The van der Waals surface area contributed by atoms with Gasteiger partial charge in [0.05, 0.1) is 5.69 Å². The van der Waals surface area contributed by atoms with Crippen molar-refractivity contribution in [2.24, 2.45) is 5.73 Å². The van der Waals surface area contributed by atoms with Crippen LogP contribution in [-0.2, 0) is 12.8 Å². The summed E-state index contributed by atoms with van der Waals surface area (Å²) >= 11 is 0. The number of nitrogens with two attached hydrogens (primary N) is 1. The highest BCUT2D eigenvalue weighted by molar-refractivity contribution is 5.58. The van der Waals surface area contributed by atoms with Crippen LogP contribution in [-0.4, -0.2) is 29.3 Å². The fraction of sp³-hybridized carbons (Fsp3) is 0.643. The first-order chi connectivity index (χ1) is 9.21. The summed E-state index contributed by atoms with van der Waals surface area (Å²) in [5.74, 6) is 0.739. The fourth-order valence-electron chi connectivity index (χ4n) is 2.61. The smallest absolute Gasteiger partial charge is 0.169 e. The zero-order valence-electron chi connectivity index (χ0n) is 11.7. The molecular weight excluding hydrogens is 238 g/mol. The first kappa shape index (κ1) is 13.8. The number of nitrogens with zero attached hydrogens (tertiary/aromatic N) is 4. The van der Waals surface area contributed by atoms with Crippen molar-refractivity contribution in [3.63, 3.8) is 0 Å². The molecular formula is C14H21N5. The molecule has 1 aliphatic rings. The Kier molecular flexibility index (Phi) is 4.33. The lowest BCUT2D eigenvalue weighted by atomic mass is 10.0. The van der Waals surface area contributed by atoms with Crippen LogP contribution in [0.4, 0.5) is 5.82 Å². The van der Waals surface area contributed by atoms with Crippen molar-refractivity contribution in [1.29, 1.82) is 5.26 Å². The topological polar surface area (TPSA) is 78.8 Å². The van der Waals surface area contributed by atoms with Gasteiger partial charge >= 0.3 is 0 Å². The second-order valence-corrected chi connectivity index (χ2v) is 4.97. The van der Waals surface area contributed by atoms with Gasteiger partial charge in [-0.2, -0.15) is 10.4 Å². The van der Waals surface area contributed by atoms with Gasteiger partial charge in [-0.1, -0.05) is 13.8 Å². The lowest BCUT2D eigenvalue weighted by Gasteiger charge is -2.31. The average molecular weight is 259 g/mol. The van der Waals surface area contributed by atoms with Crippen LogP contribution < -0.4 is 10.6 Å². The zero-order valence-corrected chi connectivity index (χ0v) is 11.7. The van der Waals surface area contributed by atoms with Gasteiger partial charge in [0.15, 0.2) is 5.82 Å². The highest BCUT2D eigenvalue weighted by Gasteiger charge is 2.22. The third-order valence-electron chi connectivity index (χ3n) is 3.78. The Morgan fingerprint density at radius 3 is 2.47 bits per heavy atom. The van der Waals surface area contributed by atoms with E-state index in [2.05, 4.69) is 28.1 Å². The normalized spacial score (nSPS) is 16.4. The van der Waals surface area contributed by atoms with Crippen molar-refractivity contribution in [3.8, 4) is 6.07 Å². The monoisotopic (exact) mass is 259 g/mol. The van der Waals surface area contributed by atoms with Crippen molar-refractivity contribution in [2.45, 2.75) is 45.6 Å². The Hall–Kier alpha value is -1.67. The van der Waals surface area contributed by atoms with E-state index in [1.54, 1.807) is 0 Å². The SMILES string of the molecule is CCc1nnc(N2CCC(N)CC2)c(C#N)c1CC. The van der Waals surface area contributed by atoms with Crippen LogP contribution >= 0.6 is 0 Å². The van der Waals surface area contributed by atoms with E-state index < -0.39 is 0 Å². The molecule has 19 heavy (non-hydrogen) atoms. The van der Waals surface area contributed by atoms with Crippen molar-refractivity contribution in [1.82, 2.24) is 10.2 Å². The molecule has 0 aromatic carbocycles. The van der Waals surface area contributed by atoms with Gasteiger partial charge in [0.1, 0.15) is 11.6 Å². The minimum Gasteiger partial charge on any atom is -0.354 e. The van der Waals surface area contributed by atoms with Crippen LogP contribution in [0.2, 0.25) is 0 Å². The Balaban J connectivity index is 2.38. The minimum atomic E-state index is 0.273. The summed E-state index contributed by atoms with van der Waals surface area (Å²) in [7, 11) is 0. The van der Waals surface area contributed by atoms with E-state index in [0.29, 0.717) is 5.56 Å². The Morgan fingerprint density at radius 1 is 1.26 bits per heavy atom. The maximum atomic E-state index is 9.46. The molecule has 102 valence electrons. The highest BCUT2D eigenvalue weighted by Crippen LogP contribution is 2.25. The van der Waals surface area contributed by atoms with Gasteiger partial charge in [0.25, 0.3) is 0 Å². The number of rotatable bonds is 3. The van der Waals surface area contributed by atoms with Crippen molar-refractivity contribution in [3.05, 3.63) is 16.8 Å². The van der Waals surface area contributed by atoms with Crippen LogP contribution in [0.1, 0.15) is 43.5 Å². The van der Waals surface area contributed by atoms with Gasteiger partial charge in [-0.3, -0.25) is 0 Å². The van der Waals surface area contributed by atoms with Crippen molar-refractivity contribution >= 4 is 5.82 Å². The molecule has 0 amide bonds. The van der Waals surface area contributed by atoms with Crippen molar-refractivity contribution < 1.29 is 0 Å². The summed E-state index contributed by atoms with van der Waals surface area (Å²) in [5, 5.41) is 18.1. The summed E-state index contributed by atoms with van der Waals surface area (Å²) in [6.07, 6.45) is 3.53. The Morgan fingerprint density at radius 2 is 1.95 bits per heavy atom. The molecule has 0 unspecified atom stereocenters. The Bertz CT molecular complexity index is 483. The zero-order chi connectivity index (χ0) is 13.8. The number of aromatic nitrogens is 2. The van der Waals surface area contributed by atoms with Crippen molar-refractivity contribution in [2.75, 3.05) is 18.0 Å². The number of hydrogen-bond acceptors (Lipinski definition) is 5. The molecule has 0 saturated carbocycles. The molecule has 1 aromatic heterocycles. The molecule has 1 fully saturated rings. The second kappa shape index (κ2) is 5.98. The van der Waals surface area contributed by atoms with Gasteiger partial charge < -0.3 is 10.6 Å². The van der Waals surface area contributed by atoms with Gasteiger partial charge in [0.2, 0.25) is 0 Å². The van der Waals surface area contributed by atoms with Crippen LogP contribution in [0.15, 0.2) is 0 Å². The molecule has 2 N–H and O–H groups in total. The third-order valence-corrected chi connectivity index (χ3v) is 3.78. The molecule has 0 atom stereocenters. The molecule has 2 heterocycles. The lowest BCUT2D eigenvalue weighted by molar-refractivity contribution is 0.497. The molecule has 0 bridgehead atoms. The summed E-state index contributed by atoms with van der Waals surface area (Å²) < 4.78 is 0. The van der Waals surface area contributed by atoms with Crippen LogP contribution in [0.3, 0.4) is 0 Å². The lowest BCUT2D eigenvalue weighted by Crippen LogP contribution is -2.40. The molecule has 1 aromatic rings. The van der Waals surface area contributed by atoms with Gasteiger partial charge in [0, 0.05) is 19.1 Å². The number of nitriles is 1. The number of hydrogen-bond donors (Lipinski definition) is 1. The van der Waals surface area contributed by atoms with E-state index in [9.17, 15) is 5.26 Å². The summed E-state index contributed by atoms with van der Waals surface area (Å²) in [5.41, 5.74) is 8.61. The molecule has 5 nitrogen and oxygen atoms in total. The van der Waals surface area contributed by atoms with Crippen LogP contribution in [0.25, 0.3) is 0 Å². The standard InChI is InChI=1S/C14H21N5/c1-3-11-12(9-15)14(18-17-13(11)4-2)19-7-5-10(16)6-8-19/h10H,3-8,16H2,1-2H3. The number of aryl methyl sites for hydroxylation is 1. The third kappa shape index (κ3) is 2.69. The summed E-state index contributed by atoms with van der Waals surface area (Å²) in [6, 6.07) is 2.60. The van der Waals surface area contributed by atoms with E-state index in [1.807, 2.05) is 6.92 Å². The Labute approximate surface area is 114 Å². The second-order valence-electron chi connectivity index (χ2n) is 4.97. The summed E-state index contributed by atoms with van der Waals surface area (Å²) in [6.45, 7) is 5.83. The molecule has 1 saturated heterocycles. The molecule has 0 radical (unpaired) electrons. The predicted octanol–water partition coefficient (Wildman–Crippen LogP) is 1.40. The quantitative estimate of drug-likeness (QED) is 0.887. The molecule has 5 heteroatoms. The van der Waals surface area contributed by atoms with Crippen LogP contribution in [0.5, 0.6) is 0 Å². The minimum absolute atomic E-state index is 0.273. The van der Waals surface area contributed by atoms with E-state index in [4.69, 9.17) is 5.73 Å². The van der Waals surface area contributed by atoms with Crippen LogP contribution in [0, 0.1) is 11.3 Å². The van der Waals surface area contributed by atoms with Gasteiger partial charge in [-0.15, -0.1) is 5.10 Å². The van der Waals surface area contributed by atoms with Gasteiger partial charge in [-0.05, 0) is 31.2 Å². The van der Waals surface area contributed by atoms with E-state index in [0.717, 1.165) is 55.8 Å². The fourth-order valence-corrected chi connectivity index (χ4v) is 2.61. The molecule has 2 rings (SSSR count). The number of anilines is 1. The average Bonchev–Trinajstić information content (AvgIpc) is 2.46. The predicted molar refractivity (Wildman–Crippen MR) is 74.9 cm³/mol. The largest absolute Gasteiger partial charge is 0.354 e. The first-order valence-electron chi connectivity index (χ1n) is 7.00. The first-order valence-corrected chi connectivity index (χ1v) is 7.00. The van der Waals surface area contributed by atoms with E-state index in [1.165, 1.54) is 0 Å². The molecule has 0 aliphatic carbocycles. The number of piperidine rings is 1. The van der Waals surface area contributed by atoms with E-state index >= 15 is 0 Å². The molecule has 1 aliphatic heterocycles. The van der Waals surface area contributed by atoms with Gasteiger partial charge in [-0.25, -0.2) is 0 Å². The highest BCUT2D eigenvalue weighted by atomic mass is 15.3.